The summed E-state index contributed by atoms with van der Waals surface area (Å²) in [5.41, 5.74) is -0.464. The smallest absolute Gasteiger partial charge is 0.313 e. The summed E-state index contributed by atoms with van der Waals surface area (Å²) < 4.78 is 37.3. The molecule has 2 aromatic rings. The van der Waals surface area contributed by atoms with Crippen molar-refractivity contribution in [2.75, 3.05) is 7.11 Å². The van der Waals surface area contributed by atoms with Gasteiger partial charge in [0.25, 0.3) is 10.0 Å². The third kappa shape index (κ3) is 3.62. The lowest BCUT2D eigenvalue weighted by Gasteiger charge is -2.32. The fourth-order valence-electron chi connectivity index (χ4n) is 2.29. The van der Waals surface area contributed by atoms with Crippen molar-refractivity contribution in [2.24, 2.45) is 5.41 Å². The van der Waals surface area contributed by atoms with E-state index in [1.807, 2.05) is 6.07 Å². The van der Waals surface area contributed by atoms with Crippen molar-refractivity contribution in [3.8, 4) is 0 Å². The summed E-state index contributed by atoms with van der Waals surface area (Å²) in [4.78, 5) is 12.1. The van der Waals surface area contributed by atoms with Gasteiger partial charge in [0.1, 0.15) is 0 Å². The minimum Gasteiger partial charge on any atom is -0.469 e. The third-order valence-electron chi connectivity index (χ3n) is 3.60. The monoisotopic (exact) mass is 337 g/mol. The highest BCUT2D eigenvalue weighted by atomic mass is 32.2. The molecule has 2 rings (SSSR count). The van der Waals surface area contributed by atoms with Crippen LogP contribution >= 0.6 is 0 Å². The van der Waals surface area contributed by atoms with E-state index in [2.05, 4.69) is 4.72 Å². The van der Waals surface area contributed by atoms with Crippen LogP contribution in [0.5, 0.6) is 0 Å². The number of benzene rings is 1. The second-order valence-corrected chi connectivity index (χ2v) is 7.26. The van der Waals surface area contributed by atoms with Crippen LogP contribution in [-0.2, 0) is 19.6 Å². The van der Waals surface area contributed by atoms with Crippen molar-refractivity contribution in [3.63, 3.8) is 0 Å². The molecule has 1 aromatic carbocycles. The van der Waals surface area contributed by atoms with Crippen LogP contribution in [0.4, 0.5) is 0 Å². The molecule has 0 radical (unpaired) electrons. The molecule has 6 nitrogen and oxygen atoms in total. The molecular weight excluding hydrogens is 318 g/mol. The maximum atomic E-state index is 12.5. The topological polar surface area (TPSA) is 85.6 Å². The van der Waals surface area contributed by atoms with Crippen LogP contribution in [0, 0.1) is 5.41 Å². The van der Waals surface area contributed by atoms with E-state index in [4.69, 9.17) is 9.15 Å². The van der Waals surface area contributed by atoms with Gasteiger partial charge in [0.15, 0.2) is 0 Å². The maximum absolute atomic E-state index is 12.5. The van der Waals surface area contributed by atoms with Gasteiger partial charge in [-0.1, -0.05) is 30.3 Å². The molecule has 124 valence electrons. The molecule has 0 saturated carbocycles. The Bertz CT molecular complexity index is 751. The van der Waals surface area contributed by atoms with E-state index in [9.17, 15) is 13.2 Å². The van der Waals surface area contributed by atoms with Crippen LogP contribution in [0.15, 0.2) is 58.2 Å². The number of hydrogen-bond donors (Lipinski definition) is 1. The van der Waals surface area contributed by atoms with E-state index in [0.717, 1.165) is 0 Å². The lowest BCUT2D eigenvalue weighted by Crippen LogP contribution is -2.42. The second kappa shape index (κ2) is 6.55. The maximum Gasteiger partial charge on any atom is 0.313 e. The Kier molecular flexibility index (Phi) is 4.91. The number of furan rings is 1. The van der Waals surface area contributed by atoms with Gasteiger partial charge in [0.05, 0.1) is 24.8 Å². The van der Waals surface area contributed by atoms with Gasteiger partial charge in [-0.15, -0.1) is 0 Å². The van der Waals surface area contributed by atoms with Gasteiger partial charge >= 0.3 is 5.97 Å². The first-order chi connectivity index (χ1) is 10.8. The average Bonchev–Trinajstić information content (AvgIpc) is 3.08. The SMILES string of the molecule is COC(=O)C(C)(C)C(NS(=O)(=O)c1ccco1)c1ccccc1. The highest BCUT2D eigenvalue weighted by molar-refractivity contribution is 7.89. The minimum atomic E-state index is -3.91. The first-order valence-electron chi connectivity index (χ1n) is 6.98. The predicted molar refractivity (Wildman–Crippen MR) is 84.0 cm³/mol. The largest absolute Gasteiger partial charge is 0.469 e. The number of esters is 1. The van der Waals surface area contributed by atoms with Crippen molar-refractivity contribution in [3.05, 3.63) is 54.3 Å². The quantitative estimate of drug-likeness (QED) is 0.819. The molecule has 1 aromatic heterocycles. The van der Waals surface area contributed by atoms with Gasteiger partial charge in [-0.3, -0.25) is 4.79 Å². The first-order valence-corrected chi connectivity index (χ1v) is 8.46. The summed E-state index contributed by atoms with van der Waals surface area (Å²) in [6.45, 7) is 3.25. The number of ether oxygens (including phenoxy) is 1. The van der Waals surface area contributed by atoms with Gasteiger partial charge < -0.3 is 9.15 Å². The van der Waals surface area contributed by atoms with Crippen LogP contribution in [0.2, 0.25) is 0 Å². The molecule has 0 aliphatic carbocycles. The van der Waals surface area contributed by atoms with Crippen LogP contribution in [0.3, 0.4) is 0 Å². The van der Waals surface area contributed by atoms with E-state index in [1.165, 1.54) is 25.5 Å². The normalized spacial score (nSPS) is 13.5. The second-order valence-electron chi connectivity index (χ2n) is 5.61. The number of nitrogens with one attached hydrogen (secondary N) is 1. The van der Waals surface area contributed by atoms with Crippen LogP contribution in [0.1, 0.15) is 25.5 Å². The predicted octanol–water partition coefficient (Wildman–Crippen LogP) is 2.50. The van der Waals surface area contributed by atoms with Gasteiger partial charge in [-0.25, -0.2) is 8.42 Å². The fraction of sp³-hybridized carbons (Fsp3) is 0.312. The van der Waals surface area contributed by atoms with E-state index in [-0.39, 0.29) is 5.09 Å². The summed E-state index contributed by atoms with van der Waals surface area (Å²) >= 11 is 0. The van der Waals surface area contributed by atoms with Crippen molar-refractivity contribution >= 4 is 16.0 Å². The molecule has 23 heavy (non-hydrogen) atoms. The zero-order chi connectivity index (χ0) is 17.1. The van der Waals surface area contributed by atoms with Crippen LogP contribution in [-0.4, -0.2) is 21.5 Å². The molecule has 1 heterocycles. The molecule has 1 N–H and O–H groups in total. The van der Waals surface area contributed by atoms with E-state index >= 15 is 0 Å². The highest BCUT2D eigenvalue weighted by Crippen LogP contribution is 2.35. The van der Waals surface area contributed by atoms with E-state index in [0.29, 0.717) is 5.56 Å². The Balaban J connectivity index is 2.45. The number of carbonyl (C=O) groups excluding carboxylic acids is 1. The number of methoxy groups -OCH3 is 1. The molecular formula is C16H19NO5S. The van der Waals surface area contributed by atoms with E-state index < -0.39 is 27.4 Å². The number of sulfonamides is 1. The molecule has 0 spiro atoms. The van der Waals surface area contributed by atoms with Gasteiger partial charge in [0.2, 0.25) is 5.09 Å². The van der Waals surface area contributed by atoms with Crippen molar-refractivity contribution in [1.29, 1.82) is 0 Å². The molecule has 0 aliphatic rings. The Hall–Kier alpha value is -2.12. The van der Waals surface area contributed by atoms with Gasteiger partial charge in [0, 0.05) is 0 Å². The lowest BCUT2D eigenvalue weighted by atomic mass is 9.81. The Morgan fingerprint density at radius 1 is 1.17 bits per heavy atom. The summed E-state index contributed by atoms with van der Waals surface area (Å²) in [5, 5.41) is -0.209. The van der Waals surface area contributed by atoms with Crippen molar-refractivity contribution < 1.29 is 22.4 Å². The standard InChI is InChI=1S/C16H19NO5S/c1-16(2,15(18)21-3)14(12-8-5-4-6-9-12)17-23(19,20)13-10-7-11-22-13/h4-11,14,17H,1-3H3. The molecule has 0 aliphatic heterocycles. The number of rotatable bonds is 6. The molecule has 0 amide bonds. The molecule has 0 bridgehead atoms. The van der Waals surface area contributed by atoms with Crippen LogP contribution in [0.25, 0.3) is 0 Å². The van der Waals surface area contributed by atoms with Gasteiger partial charge in [-0.05, 0) is 31.5 Å². The fourth-order valence-corrected chi connectivity index (χ4v) is 3.59. The molecule has 0 fully saturated rings. The lowest BCUT2D eigenvalue weighted by molar-refractivity contribution is -0.152. The summed E-state index contributed by atoms with van der Waals surface area (Å²) in [5.74, 6) is -0.520. The Morgan fingerprint density at radius 3 is 2.35 bits per heavy atom. The van der Waals surface area contributed by atoms with Crippen molar-refractivity contribution in [1.82, 2.24) is 4.72 Å². The third-order valence-corrected chi connectivity index (χ3v) is 4.91. The molecule has 1 atom stereocenters. The van der Waals surface area contributed by atoms with Crippen LogP contribution < -0.4 is 4.72 Å². The highest BCUT2D eigenvalue weighted by Gasteiger charge is 2.41. The summed E-state index contributed by atoms with van der Waals surface area (Å²) in [7, 11) is -2.64. The van der Waals surface area contributed by atoms with Crippen molar-refractivity contribution in [2.45, 2.75) is 25.0 Å². The molecule has 7 heteroatoms. The van der Waals surface area contributed by atoms with Gasteiger partial charge in [-0.2, -0.15) is 4.72 Å². The zero-order valence-electron chi connectivity index (χ0n) is 13.1. The average molecular weight is 337 g/mol. The Morgan fingerprint density at radius 2 is 1.83 bits per heavy atom. The minimum absolute atomic E-state index is 0.209. The van der Waals surface area contributed by atoms with E-state index in [1.54, 1.807) is 38.1 Å². The molecule has 0 saturated heterocycles. The first kappa shape index (κ1) is 17.2. The molecule has 1 unspecified atom stereocenters. The number of carbonyl (C=O) groups is 1. The Labute approximate surface area is 135 Å². The summed E-state index contributed by atoms with van der Waals surface area (Å²) in [6, 6.07) is 10.9. The summed E-state index contributed by atoms with van der Waals surface area (Å²) in [6.07, 6.45) is 1.28. The number of hydrogen-bond acceptors (Lipinski definition) is 5. The zero-order valence-corrected chi connectivity index (χ0v) is 14.0.